The number of benzene rings is 1. The Balaban J connectivity index is 2.17. The molecule has 0 aliphatic carbocycles. The minimum atomic E-state index is -1.06. The number of nitrogens with zero attached hydrogens (tertiary/aromatic N) is 2. The Morgan fingerprint density at radius 1 is 1.32 bits per heavy atom. The van der Waals surface area contributed by atoms with Crippen molar-refractivity contribution in [3.8, 4) is 5.69 Å². The molecule has 1 heterocycles. The van der Waals surface area contributed by atoms with E-state index in [1.165, 1.54) is 0 Å². The normalized spacial score (nSPS) is 12.2. The molecule has 0 spiro atoms. The predicted molar refractivity (Wildman–Crippen MR) is 85.0 cm³/mol. The van der Waals surface area contributed by atoms with Gasteiger partial charge in [-0.25, -0.2) is 9.48 Å². The number of carbonyl (C=O) groups is 2. The van der Waals surface area contributed by atoms with Crippen molar-refractivity contribution in [1.29, 1.82) is 0 Å². The van der Waals surface area contributed by atoms with Gasteiger partial charge in [0.1, 0.15) is 6.04 Å². The van der Waals surface area contributed by atoms with E-state index >= 15 is 0 Å². The van der Waals surface area contributed by atoms with Crippen molar-refractivity contribution in [2.75, 3.05) is 0 Å². The highest BCUT2D eigenvalue weighted by Crippen LogP contribution is 2.15. The first-order valence-corrected chi connectivity index (χ1v) is 7.53. The summed E-state index contributed by atoms with van der Waals surface area (Å²) in [5.74, 6) is -1.78. The van der Waals surface area contributed by atoms with Crippen LogP contribution in [-0.4, -0.2) is 32.8 Å². The fourth-order valence-corrected chi connectivity index (χ4v) is 2.32. The lowest BCUT2D eigenvalue weighted by atomic mass is 10.0. The van der Waals surface area contributed by atoms with Gasteiger partial charge in [-0.2, -0.15) is 5.10 Å². The maximum atomic E-state index is 12.1. The third kappa shape index (κ3) is 3.73. The SMILES string of the molecule is CC(C)C(NC(=O)c1ccn(-c2cccc(Br)c2)n1)C(=O)O. The van der Waals surface area contributed by atoms with Crippen molar-refractivity contribution in [2.24, 2.45) is 5.92 Å². The second kappa shape index (κ2) is 6.74. The molecule has 0 saturated carbocycles. The van der Waals surface area contributed by atoms with E-state index in [-0.39, 0.29) is 11.6 Å². The van der Waals surface area contributed by atoms with E-state index in [9.17, 15) is 9.59 Å². The number of aliphatic carboxylic acids is 1. The van der Waals surface area contributed by atoms with Crippen molar-refractivity contribution in [3.63, 3.8) is 0 Å². The maximum Gasteiger partial charge on any atom is 0.326 e. The minimum Gasteiger partial charge on any atom is -0.480 e. The van der Waals surface area contributed by atoms with E-state index in [1.807, 2.05) is 24.3 Å². The Bertz CT molecular complexity index is 697. The second-order valence-electron chi connectivity index (χ2n) is 5.16. The molecular formula is C15H16BrN3O3. The number of aromatic nitrogens is 2. The number of amides is 1. The van der Waals surface area contributed by atoms with Gasteiger partial charge >= 0.3 is 5.97 Å². The van der Waals surface area contributed by atoms with Crippen LogP contribution in [0.5, 0.6) is 0 Å². The molecule has 1 amide bonds. The zero-order valence-electron chi connectivity index (χ0n) is 12.2. The Morgan fingerprint density at radius 2 is 2.05 bits per heavy atom. The van der Waals surface area contributed by atoms with Gasteiger partial charge < -0.3 is 10.4 Å². The smallest absolute Gasteiger partial charge is 0.326 e. The highest BCUT2D eigenvalue weighted by molar-refractivity contribution is 9.10. The van der Waals surface area contributed by atoms with Gasteiger partial charge in [0.25, 0.3) is 5.91 Å². The van der Waals surface area contributed by atoms with Gasteiger partial charge in [-0.15, -0.1) is 0 Å². The van der Waals surface area contributed by atoms with Gasteiger partial charge in [-0.1, -0.05) is 35.8 Å². The van der Waals surface area contributed by atoms with Crippen LogP contribution in [0.15, 0.2) is 41.0 Å². The Kier molecular flexibility index (Phi) is 4.97. The Morgan fingerprint density at radius 3 is 2.64 bits per heavy atom. The van der Waals surface area contributed by atoms with Crippen LogP contribution < -0.4 is 5.32 Å². The van der Waals surface area contributed by atoms with Crippen LogP contribution in [0.4, 0.5) is 0 Å². The van der Waals surface area contributed by atoms with Gasteiger partial charge in [0, 0.05) is 10.7 Å². The van der Waals surface area contributed by atoms with E-state index in [1.54, 1.807) is 30.8 Å². The molecule has 1 aromatic heterocycles. The first-order valence-electron chi connectivity index (χ1n) is 6.74. The molecule has 0 saturated heterocycles. The van der Waals surface area contributed by atoms with Gasteiger partial charge in [-0.3, -0.25) is 4.79 Å². The molecular weight excluding hydrogens is 350 g/mol. The van der Waals surface area contributed by atoms with Crippen LogP contribution in [0.3, 0.4) is 0 Å². The highest BCUT2D eigenvalue weighted by atomic mass is 79.9. The second-order valence-corrected chi connectivity index (χ2v) is 6.07. The van der Waals surface area contributed by atoms with Crippen LogP contribution >= 0.6 is 15.9 Å². The first kappa shape index (κ1) is 16.2. The zero-order chi connectivity index (χ0) is 16.3. The third-order valence-electron chi connectivity index (χ3n) is 3.11. The monoisotopic (exact) mass is 365 g/mol. The lowest BCUT2D eigenvalue weighted by Crippen LogP contribution is -2.44. The quantitative estimate of drug-likeness (QED) is 0.852. The van der Waals surface area contributed by atoms with Crippen LogP contribution in [0.1, 0.15) is 24.3 Å². The molecule has 1 aromatic carbocycles. The van der Waals surface area contributed by atoms with Crippen molar-refractivity contribution in [2.45, 2.75) is 19.9 Å². The molecule has 6 nitrogen and oxygen atoms in total. The molecule has 7 heteroatoms. The summed E-state index contributed by atoms with van der Waals surface area (Å²) >= 11 is 3.37. The number of halogens is 1. The molecule has 1 atom stereocenters. The fourth-order valence-electron chi connectivity index (χ4n) is 1.94. The van der Waals surface area contributed by atoms with Crippen molar-refractivity contribution >= 4 is 27.8 Å². The molecule has 2 N–H and O–H groups in total. The summed E-state index contributed by atoms with van der Waals surface area (Å²) in [4.78, 5) is 23.2. The summed E-state index contributed by atoms with van der Waals surface area (Å²) in [6.07, 6.45) is 1.65. The number of hydrogen-bond donors (Lipinski definition) is 2. The summed E-state index contributed by atoms with van der Waals surface area (Å²) in [7, 11) is 0. The highest BCUT2D eigenvalue weighted by Gasteiger charge is 2.24. The number of carboxylic acid groups (broad SMARTS) is 1. The van der Waals surface area contributed by atoms with Crippen molar-refractivity contribution in [1.82, 2.24) is 15.1 Å². The molecule has 0 fully saturated rings. The molecule has 0 radical (unpaired) electrons. The molecule has 0 aliphatic rings. The summed E-state index contributed by atoms with van der Waals surface area (Å²) in [6.45, 7) is 3.47. The van der Waals surface area contributed by atoms with E-state index in [0.29, 0.717) is 0 Å². The minimum absolute atomic E-state index is 0.173. The van der Waals surface area contributed by atoms with Crippen molar-refractivity contribution in [3.05, 3.63) is 46.7 Å². The molecule has 1 unspecified atom stereocenters. The third-order valence-corrected chi connectivity index (χ3v) is 3.61. The summed E-state index contributed by atoms with van der Waals surface area (Å²) in [5.41, 5.74) is 0.971. The summed E-state index contributed by atoms with van der Waals surface area (Å²) in [5, 5.41) is 15.8. The van der Waals surface area contributed by atoms with Crippen molar-refractivity contribution < 1.29 is 14.7 Å². The Hall–Kier alpha value is -2.15. The number of rotatable bonds is 5. The number of hydrogen-bond acceptors (Lipinski definition) is 3. The van der Waals surface area contributed by atoms with Gasteiger partial charge in [0.15, 0.2) is 5.69 Å². The number of carbonyl (C=O) groups excluding carboxylic acids is 1. The van der Waals surface area contributed by atoms with Crippen LogP contribution in [0.25, 0.3) is 5.69 Å². The first-order chi connectivity index (χ1) is 10.4. The molecule has 116 valence electrons. The number of nitrogens with one attached hydrogen (secondary N) is 1. The van der Waals surface area contributed by atoms with E-state index in [4.69, 9.17) is 5.11 Å². The topological polar surface area (TPSA) is 84.2 Å². The summed E-state index contributed by atoms with van der Waals surface area (Å²) < 4.78 is 2.46. The van der Waals surface area contributed by atoms with Crippen LogP contribution in [0, 0.1) is 5.92 Å². The fraction of sp³-hybridized carbons (Fsp3) is 0.267. The van der Waals surface area contributed by atoms with E-state index < -0.39 is 17.9 Å². The largest absolute Gasteiger partial charge is 0.480 e. The molecule has 0 bridgehead atoms. The average Bonchev–Trinajstić information content (AvgIpc) is 2.93. The molecule has 0 aliphatic heterocycles. The standard InChI is InChI=1S/C15H16BrN3O3/c1-9(2)13(15(21)22)17-14(20)12-6-7-19(18-12)11-5-3-4-10(16)8-11/h3-9,13H,1-2H3,(H,17,20)(H,21,22). The average molecular weight is 366 g/mol. The van der Waals surface area contributed by atoms with Gasteiger partial charge in [0.05, 0.1) is 5.69 Å². The number of carboxylic acids is 1. The van der Waals surface area contributed by atoms with Crippen LogP contribution in [-0.2, 0) is 4.79 Å². The van der Waals surface area contributed by atoms with Crippen LogP contribution in [0.2, 0.25) is 0 Å². The van der Waals surface area contributed by atoms with E-state index in [2.05, 4.69) is 26.3 Å². The van der Waals surface area contributed by atoms with Gasteiger partial charge in [0.2, 0.25) is 0 Å². The summed E-state index contributed by atoms with van der Waals surface area (Å²) in [6, 6.07) is 8.08. The lowest BCUT2D eigenvalue weighted by molar-refractivity contribution is -0.140. The predicted octanol–water partition coefficient (Wildman–Crippen LogP) is 2.47. The maximum absolute atomic E-state index is 12.1. The Labute approximate surface area is 136 Å². The lowest BCUT2D eigenvalue weighted by Gasteiger charge is -2.16. The molecule has 22 heavy (non-hydrogen) atoms. The zero-order valence-corrected chi connectivity index (χ0v) is 13.7. The molecule has 2 rings (SSSR count). The van der Waals surface area contributed by atoms with Gasteiger partial charge in [-0.05, 0) is 30.2 Å². The molecule has 2 aromatic rings. The van der Waals surface area contributed by atoms with E-state index in [0.717, 1.165) is 10.2 Å².